The second-order valence-corrected chi connectivity index (χ2v) is 11.2. The van der Waals surface area contributed by atoms with E-state index in [1.54, 1.807) is 0 Å². The zero-order chi connectivity index (χ0) is 25.2. The molecule has 0 nitrogen and oxygen atoms in total. The summed E-state index contributed by atoms with van der Waals surface area (Å²) in [4.78, 5) is 0. The number of rotatable bonds is 0. The van der Waals surface area contributed by atoms with Gasteiger partial charge in [-0.25, -0.2) is 0 Å². The predicted octanol–water partition coefficient (Wildman–Crippen LogP) is 7.46. The van der Waals surface area contributed by atoms with Gasteiger partial charge in [-0.15, -0.1) is 0 Å². The smallest absolute Gasteiger partial charge is 0.0000711 e. The van der Waals surface area contributed by atoms with Crippen LogP contribution in [0.5, 0.6) is 0 Å². The molecule has 172 valence electrons. The Labute approximate surface area is 216 Å². The topological polar surface area (TPSA) is 0 Å². The molecule has 0 saturated carbocycles. The van der Waals surface area contributed by atoms with Crippen LogP contribution in [-0.4, -0.2) is 0 Å². The van der Waals surface area contributed by atoms with Crippen LogP contribution in [0.15, 0.2) is 72.8 Å². The standard InChI is InChI=1S/C38H20/c1-17-5-7-21-9-11-23-13-15-25-26-16-14-24-12-10-22-8-6-18(2)28-30-20(4)19(3)29-27(17)31(21)33(23)35(25)37(29)38(30)36(26)34(24)32(22)28/h5-16H,1-4H2. The van der Waals surface area contributed by atoms with Crippen molar-refractivity contribution in [1.29, 1.82) is 0 Å². The van der Waals surface area contributed by atoms with Crippen LogP contribution < -0.4 is 20.9 Å². The van der Waals surface area contributed by atoms with Crippen molar-refractivity contribution in [1.82, 2.24) is 0 Å². The van der Waals surface area contributed by atoms with E-state index in [4.69, 9.17) is 13.2 Å². The van der Waals surface area contributed by atoms with Crippen LogP contribution in [0.4, 0.5) is 0 Å². The molecule has 0 fully saturated rings. The monoisotopic (exact) mass is 476 g/mol. The van der Waals surface area contributed by atoms with E-state index in [0.717, 1.165) is 20.9 Å². The molecule has 0 amide bonds. The summed E-state index contributed by atoms with van der Waals surface area (Å²) in [6.45, 7) is 18.5. The van der Waals surface area contributed by atoms with E-state index in [9.17, 15) is 0 Å². The van der Waals surface area contributed by atoms with E-state index in [-0.39, 0.29) is 0 Å². The normalized spacial score (nSPS) is 13.2. The summed E-state index contributed by atoms with van der Waals surface area (Å²) in [7, 11) is 0. The molecule has 0 N–H and O–H groups in total. The van der Waals surface area contributed by atoms with Gasteiger partial charge in [-0.3, -0.25) is 0 Å². The molecule has 0 radical (unpaired) electrons. The molecule has 0 heterocycles. The van der Waals surface area contributed by atoms with Crippen LogP contribution in [0.2, 0.25) is 0 Å². The molecule has 0 heteroatoms. The van der Waals surface area contributed by atoms with Gasteiger partial charge in [0.05, 0.1) is 0 Å². The summed E-state index contributed by atoms with van der Waals surface area (Å²) in [6, 6.07) is 27.0. The molecule has 0 unspecified atom stereocenters. The van der Waals surface area contributed by atoms with Gasteiger partial charge >= 0.3 is 0 Å². The summed E-state index contributed by atoms with van der Waals surface area (Å²) in [6.07, 6.45) is 0. The highest BCUT2D eigenvalue weighted by Gasteiger charge is 2.25. The molecular weight excluding hydrogens is 456 g/mol. The Balaban J connectivity index is 1.81. The van der Waals surface area contributed by atoms with E-state index in [2.05, 4.69) is 86.0 Å². The maximum absolute atomic E-state index is 4.71. The Bertz CT molecular complexity index is 2690. The Morgan fingerprint density at radius 2 is 0.579 bits per heavy atom. The molecule has 38 heavy (non-hydrogen) atoms. The molecule has 10 aromatic rings. The van der Waals surface area contributed by atoms with Crippen molar-refractivity contribution < 1.29 is 0 Å². The van der Waals surface area contributed by atoms with Gasteiger partial charge in [-0.1, -0.05) is 99.1 Å². The second-order valence-electron chi connectivity index (χ2n) is 11.2. The lowest BCUT2D eigenvalue weighted by atomic mass is 9.78. The lowest BCUT2D eigenvalue weighted by molar-refractivity contribution is 1.69. The van der Waals surface area contributed by atoms with E-state index in [0.29, 0.717) is 0 Å². The van der Waals surface area contributed by atoms with Gasteiger partial charge in [0.25, 0.3) is 0 Å². The summed E-state index contributed by atoms with van der Waals surface area (Å²) < 4.78 is 0. The number of hydrogen-bond donors (Lipinski definition) is 0. The van der Waals surface area contributed by atoms with E-state index < -0.39 is 0 Å². The van der Waals surface area contributed by atoms with Crippen molar-refractivity contribution in [2.75, 3.05) is 0 Å². The van der Waals surface area contributed by atoms with Crippen LogP contribution in [0.25, 0.3) is 123 Å². The van der Waals surface area contributed by atoms with Crippen molar-refractivity contribution in [3.05, 3.63) is 93.7 Å². The highest BCUT2D eigenvalue weighted by atomic mass is 14.3. The Morgan fingerprint density at radius 3 is 0.974 bits per heavy atom. The SMILES string of the molecule is C=c1ccc2ccc3ccc4c5ccc6ccc7ccc(=C)c8c9c(=C)c(=C)c%10c1c2c3c4c%10c9c5c6c78. The third kappa shape index (κ3) is 1.79. The molecule has 0 spiro atoms. The van der Waals surface area contributed by atoms with Gasteiger partial charge in [-0.05, 0) is 118 Å². The molecule has 0 saturated heterocycles. The number of hydrogen-bond acceptors (Lipinski definition) is 0. The molecule has 0 bridgehead atoms. The highest BCUT2D eigenvalue weighted by molar-refractivity contribution is 6.51. The molecule has 10 aromatic carbocycles. The minimum absolute atomic E-state index is 1.00. The van der Waals surface area contributed by atoms with Crippen LogP contribution >= 0.6 is 0 Å². The number of fused-ring (bicyclic) bond motifs is 3. The van der Waals surface area contributed by atoms with Gasteiger partial charge in [0.15, 0.2) is 0 Å². The zero-order valence-electron chi connectivity index (χ0n) is 20.8. The first-order valence-corrected chi connectivity index (χ1v) is 13.1. The second kappa shape index (κ2) is 5.79. The van der Waals surface area contributed by atoms with Gasteiger partial charge in [0.1, 0.15) is 0 Å². The predicted molar refractivity (Wildman–Crippen MR) is 169 cm³/mol. The Kier molecular flexibility index (Phi) is 2.93. The third-order valence-corrected chi connectivity index (χ3v) is 9.52. The third-order valence-electron chi connectivity index (χ3n) is 9.52. The van der Waals surface area contributed by atoms with Crippen molar-refractivity contribution >= 4 is 123 Å². The molecule has 0 aromatic heterocycles. The van der Waals surface area contributed by atoms with Crippen molar-refractivity contribution in [2.45, 2.75) is 0 Å². The van der Waals surface area contributed by atoms with Gasteiger partial charge in [0.2, 0.25) is 0 Å². The molecule has 0 aliphatic rings. The average molecular weight is 477 g/mol. The minimum atomic E-state index is 1.00. The van der Waals surface area contributed by atoms with E-state index >= 15 is 0 Å². The average Bonchev–Trinajstić information content (AvgIpc) is 2.94. The van der Waals surface area contributed by atoms with Crippen LogP contribution in [0.1, 0.15) is 0 Å². The van der Waals surface area contributed by atoms with Crippen molar-refractivity contribution in [3.63, 3.8) is 0 Å². The maximum atomic E-state index is 4.71. The fraction of sp³-hybridized carbons (Fsp3) is 0. The first-order chi connectivity index (χ1) is 18.5. The molecular formula is C38H20. The lowest BCUT2D eigenvalue weighted by Crippen LogP contribution is -2.26. The largest absolute Gasteiger partial charge is 0.0911 e. The summed E-state index contributed by atoms with van der Waals surface area (Å²) in [5.41, 5.74) is 0. The maximum Gasteiger partial charge on any atom is -0.0000711 e. The first kappa shape index (κ1) is 19.2. The van der Waals surface area contributed by atoms with Gasteiger partial charge in [-0.2, -0.15) is 0 Å². The van der Waals surface area contributed by atoms with Gasteiger partial charge < -0.3 is 0 Å². The van der Waals surface area contributed by atoms with Crippen molar-refractivity contribution in [2.24, 2.45) is 0 Å². The van der Waals surface area contributed by atoms with Crippen molar-refractivity contribution in [3.8, 4) is 0 Å². The number of benzene rings is 10. The lowest BCUT2D eigenvalue weighted by Gasteiger charge is -2.25. The summed E-state index contributed by atoms with van der Waals surface area (Å²) >= 11 is 0. The molecule has 10 rings (SSSR count). The fourth-order valence-electron chi connectivity index (χ4n) is 8.00. The summed E-state index contributed by atoms with van der Waals surface area (Å²) in [5, 5.41) is 27.1. The molecule has 0 aliphatic heterocycles. The van der Waals surface area contributed by atoms with E-state index in [1.165, 1.54) is 97.0 Å². The fourth-order valence-corrected chi connectivity index (χ4v) is 8.00. The first-order valence-electron chi connectivity index (χ1n) is 13.1. The van der Waals surface area contributed by atoms with Gasteiger partial charge in [0, 0.05) is 0 Å². The molecule has 0 aliphatic carbocycles. The minimum Gasteiger partial charge on any atom is -0.0911 e. The quantitative estimate of drug-likeness (QED) is 0.157. The van der Waals surface area contributed by atoms with Crippen LogP contribution in [-0.2, 0) is 0 Å². The molecule has 0 atom stereocenters. The summed E-state index contributed by atoms with van der Waals surface area (Å²) in [5.74, 6) is 0. The van der Waals surface area contributed by atoms with Crippen LogP contribution in [0, 0.1) is 0 Å². The zero-order valence-corrected chi connectivity index (χ0v) is 20.8. The Hall–Kier alpha value is -4.94. The highest BCUT2D eigenvalue weighted by Crippen LogP contribution is 2.50. The van der Waals surface area contributed by atoms with Crippen LogP contribution in [0.3, 0.4) is 0 Å². The Morgan fingerprint density at radius 1 is 0.263 bits per heavy atom. The van der Waals surface area contributed by atoms with E-state index in [1.807, 2.05) is 0 Å².